The average Bonchev–Trinajstić information content (AvgIpc) is 2.70. The lowest BCUT2D eigenvalue weighted by molar-refractivity contribution is 0.320. The second kappa shape index (κ2) is 7.64. The van der Waals surface area contributed by atoms with Crippen LogP contribution in [-0.2, 0) is 6.42 Å². The highest BCUT2D eigenvalue weighted by molar-refractivity contribution is 5.13. The van der Waals surface area contributed by atoms with Gasteiger partial charge in [0.15, 0.2) is 0 Å². The maximum atomic E-state index is 4.58. The van der Waals surface area contributed by atoms with Gasteiger partial charge in [0.25, 0.3) is 0 Å². The Balaban J connectivity index is 1.99. The van der Waals surface area contributed by atoms with Gasteiger partial charge in [0.05, 0.1) is 0 Å². The third-order valence-electron chi connectivity index (χ3n) is 4.34. The van der Waals surface area contributed by atoms with Crippen LogP contribution in [-0.4, -0.2) is 17.6 Å². The minimum absolute atomic E-state index is 0.610. The van der Waals surface area contributed by atoms with E-state index >= 15 is 0 Å². The third-order valence-corrected chi connectivity index (χ3v) is 4.34. The first kappa shape index (κ1) is 14.5. The van der Waals surface area contributed by atoms with E-state index in [0.717, 1.165) is 18.9 Å². The summed E-state index contributed by atoms with van der Waals surface area (Å²) >= 11 is 0. The highest BCUT2D eigenvalue weighted by Crippen LogP contribution is 2.27. The molecule has 0 saturated heterocycles. The summed E-state index contributed by atoms with van der Waals surface area (Å²) in [6, 6.07) is 4.98. The minimum Gasteiger partial charge on any atom is -0.314 e. The van der Waals surface area contributed by atoms with Crippen LogP contribution in [0.1, 0.15) is 56.7 Å². The van der Waals surface area contributed by atoms with Crippen molar-refractivity contribution in [2.75, 3.05) is 6.54 Å². The fraction of sp³-hybridized carbons (Fsp3) is 0.706. The van der Waals surface area contributed by atoms with Gasteiger partial charge in [-0.1, -0.05) is 38.7 Å². The van der Waals surface area contributed by atoms with Gasteiger partial charge in [-0.15, -0.1) is 0 Å². The Bertz CT molecular complexity index is 350. The van der Waals surface area contributed by atoms with Gasteiger partial charge >= 0.3 is 0 Å². The fourth-order valence-electron chi connectivity index (χ4n) is 3.23. The molecule has 0 radical (unpaired) electrons. The Labute approximate surface area is 118 Å². The molecule has 0 aromatic carbocycles. The molecule has 1 heterocycles. The van der Waals surface area contributed by atoms with E-state index in [1.807, 2.05) is 6.20 Å². The number of aryl methyl sites for hydroxylation is 1. The molecule has 1 atom stereocenters. The number of aromatic nitrogens is 1. The highest BCUT2D eigenvalue weighted by Gasteiger charge is 2.22. The van der Waals surface area contributed by atoms with Crippen molar-refractivity contribution in [1.29, 1.82) is 0 Å². The van der Waals surface area contributed by atoms with Crippen LogP contribution in [0, 0.1) is 12.8 Å². The van der Waals surface area contributed by atoms with E-state index < -0.39 is 0 Å². The summed E-state index contributed by atoms with van der Waals surface area (Å²) in [6.45, 7) is 5.38. The van der Waals surface area contributed by atoms with Gasteiger partial charge in [-0.05, 0) is 43.9 Å². The number of pyridine rings is 1. The van der Waals surface area contributed by atoms with Crippen molar-refractivity contribution in [2.24, 2.45) is 5.92 Å². The summed E-state index contributed by atoms with van der Waals surface area (Å²) in [4.78, 5) is 4.58. The van der Waals surface area contributed by atoms with E-state index in [2.05, 4.69) is 36.3 Å². The Morgan fingerprint density at radius 1 is 1.21 bits per heavy atom. The summed E-state index contributed by atoms with van der Waals surface area (Å²) in [7, 11) is 0. The van der Waals surface area contributed by atoms with Crippen LogP contribution in [0.15, 0.2) is 18.3 Å². The summed E-state index contributed by atoms with van der Waals surface area (Å²) < 4.78 is 0. The molecular weight excluding hydrogens is 232 g/mol. The van der Waals surface area contributed by atoms with Gasteiger partial charge in [0, 0.05) is 24.4 Å². The molecule has 0 bridgehead atoms. The van der Waals surface area contributed by atoms with Gasteiger partial charge in [0.1, 0.15) is 0 Å². The first-order chi connectivity index (χ1) is 9.29. The zero-order valence-corrected chi connectivity index (χ0v) is 12.5. The lowest BCUT2D eigenvalue weighted by atomic mass is 9.88. The molecule has 19 heavy (non-hydrogen) atoms. The highest BCUT2D eigenvalue weighted by atomic mass is 14.9. The standard InChI is InChI=1S/C17H28N2/c1-3-18-17(15-8-6-4-5-7-9-15)12-16-11-10-14(2)13-19-16/h10-11,13,15,17-18H,3-9,12H2,1-2H3. The second-order valence-corrected chi connectivity index (χ2v) is 5.95. The van der Waals surface area contributed by atoms with Gasteiger partial charge in [-0.2, -0.15) is 0 Å². The van der Waals surface area contributed by atoms with E-state index in [1.54, 1.807) is 0 Å². The molecule has 1 aliphatic rings. The van der Waals surface area contributed by atoms with Crippen molar-refractivity contribution in [2.45, 2.75) is 64.8 Å². The molecule has 1 N–H and O–H groups in total. The van der Waals surface area contributed by atoms with Crippen LogP contribution in [0.25, 0.3) is 0 Å². The van der Waals surface area contributed by atoms with Gasteiger partial charge in [-0.3, -0.25) is 4.98 Å². The van der Waals surface area contributed by atoms with Crippen LogP contribution < -0.4 is 5.32 Å². The summed E-state index contributed by atoms with van der Waals surface area (Å²) in [5, 5.41) is 3.70. The zero-order chi connectivity index (χ0) is 13.5. The van der Waals surface area contributed by atoms with Crippen LogP contribution in [0.2, 0.25) is 0 Å². The molecule has 0 spiro atoms. The van der Waals surface area contributed by atoms with Crippen LogP contribution in [0.3, 0.4) is 0 Å². The Morgan fingerprint density at radius 3 is 2.53 bits per heavy atom. The molecule has 1 fully saturated rings. The molecule has 2 nitrogen and oxygen atoms in total. The van der Waals surface area contributed by atoms with Crippen molar-refractivity contribution in [1.82, 2.24) is 10.3 Å². The Hall–Kier alpha value is -0.890. The van der Waals surface area contributed by atoms with Crippen molar-refractivity contribution >= 4 is 0 Å². The normalized spacial score (nSPS) is 19.1. The summed E-state index contributed by atoms with van der Waals surface area (Å²) in [5.74, 6) is 0.838. The molecule has 0 aliphatic heterocycles. The maximum absolute atomic E-state index is 4.58. The van der Waals surface area contributed by atoms with Crippen molar-refractivity contribution in [3.63, 3.8) is 0 Å². The van der Waals surface area contributed by atoms with Gasteiger partial charge in [0.2, 0.25) is 0 Å². The number of hydrogen-bond donors (Lipinski definition) is 1. The lowest BCUT2D eigenvalue weighted by Gasteiger charge is -2.26. The fourth-order valence-corrected chi connectivity index (χ4v) is 3.23. The smallest absolute Gasteiger partial charge is 0.0419 e. The van der Waals surface area contributed by atoms with Crippen LogP contribution in [0.5, 0.6) is 0 Å². The first-order valence-electron chi connectivity index (χ1n) is 7.94. The van der Waals surface area contributed by atoms with Crippen LogP contribution in [0.4, 0.5) is 0 Å². The Morgan fingerprint density at radius 2 is 1.95 bits per heavy atom. The molecule has 2 heteroatoms. The van der Waals surface area contributed by atoms with E-state index in [0.29, 0.717) is 6.04 Å². The molecule has 1 saturated carbocycles. The van der Waals surface area contributed by atoms with E-state index in [4.69, 9.17) is 0 Å². The first-order valence-corrected chi connectivity index (χ1v) is 7.94. The number of hydrogen-bond acceptors (Lipinski definition) is 2. The molecule has 0 amide bonds. The van der Waals surface area contributed by atoms with E-state index in [-0.39, 0.29) is 0 Å². The minimum atomic E-state index is 0.610. The van der Waals surface area contributed by atoms with Gasteiger partial charge < -0.3 is 5.32 Å². The second-order valence-electron chi connectivity index (χ2n) is 5.95. The molecule has 106 valence electrons. The lowest BCUT2D eigenvalue weighted by Crippen LogP contribution is -2.38. The van der Waals surface area contributed by atoms with E-state index in [9.17, 15) is 0 Å². The van der Waals surface area contributed by atoms with Crippen LogP contribution >= 0.6 is 0 Å². The molecular formula is C17H28N2. The average molecular weight is 260 g/mol. The Kier molecular flexibility index (Phi) is 5.84. The van der Waals surface area contributed by atoms with Crippen molar-refractivity contribution in [3.8, 4) is 0 Å². The SMILES string of the molecule is CCNC(Cc1ccc(C)cn1)C1CCCCCC1. The third kappa shape index (κ3) is 4.61. The molecule has 2 rings (SSSR count). The number of likely N-dealkylation sites (N-methyl/N-ethyl adjacent to an activating group) is 1. The molecule has 1 aliphatic carbocycles. The largest absolute Gasteiger partial charge is 0.314 e. The number of nitrogens with zero attached hydrogens (tertiary/aromatic N) is 1. The van der Waals surface area contributed by atoms with E-state index in [1.165, 1.54) is 49.8 Å². The number of nitrogens with one attached hydrogen (secondary N) is 1. The zero-order valence-electron chi connectivity index (χ0n) is 12.5. The number of rotatable bonds is 5. The molecule has 1 aromatic heterocycles. The molecule has 1 aromatic rings. The monoisotopic (exact) mass is 260 g/mol. The quantitative estimate of drug-likeness (QED) is 0.813. The molecule has 1 unspecified atom stereocenters. The topological polar surface area (TPSA) is 24.9 Å². The summed E-state index contributed by atoms with van der Waals surface area (Å²) in [6.07, 6.45) is 11.5. The summed E-state index contributed by atoms with van der Waals surface area (Å²) in [5.41, 5.74) is 2.49. The predicted molar refractivity (Wildman–Crippen MR) is 81.3 cm³/mol. The maximum Gasteiger partial charge on any atom is 0.0419 e. The van der Waals surface area contributed by atoms with Crippen molar-refractivity contribution < 1.29 is 0 Å². The van der Waals surface area contributed by atoms with Gasteiger partial charge in [-0.25, -0.2) is 0 Å². The van der Waals surface area contributed by atoms with Crippen molar-refractivity contribution in [3.05, 3.63) is 29.6 Å². The predicted octanol–water partition coefficient (Wildman–Crippen LogP) is 3.88.